The summed E-state index contributed by atoms with van der Waals surface area (Å²) >= 11 is 0. The van der Waals surface area contributed by atoms with E-state index in [-0.39, 0.29) is 5.54 Å². The Labute approximate surface area is 99.0 Å². The molecule has 1 aliphatic rings. The summed E-state index contributed by atoms with van der Waals surface area (Å²) < 4.78 is 0. The van der Waals surface area contributed by atoms with Crippen LogP contribution >= 0.6 is 0 Å². The number of benzene rings is 1. The largest absolute Gasteiger partial charge is 0.321 e. The molecule has 0 saturated heterocycles. The molecular weight excluding hydrogens is 194 g/mol. The first kappa shape index (κ1) is 11.7. The van der Waals surface area contributed by atoms with Crippen LogP contribution in [0.3, 0.4) is 0 Å². The van der Waals surface area contributed by atoms with Crippen molar-refractivity contribution in [2.45, 2.75) is 52.0 Å². The first-order valence-electron chi connectivity index (χ1n) is 6.28. The number of rotatable bonds is 2. The molecule has 1 aromatic carbocycles. The Morgan fingerprint density at radius 3 is 2.62 bits per heavy atom. The summed E-state index contributed by atoms with van der Waals surface area (Å²) in [6, 6.07) is 8.67. The Balaban J connectivity index is 2.16. The van der Waals surface area contributed by atoms with E-state index in [1.807, 2.05) is 0 Å². The molecule has 1 unspecified atom stereocenters. The van der Waals surface area contributed by atoms with E-state index in [1.54, 1.807) is 0 Å². The molecule has 0 aromatic heterocycles. The van der Waals surface area contributed by atoms with Crippen molar-refractivity contribution in [2.24, 2.45) is 11.1 Å². The highest BCUT2D eigenvalue weighted by atomic mass is 14.8. The minimum atomic E-state index is -0.0656. The van der Waals surface area contributed by atoms with Gasteiger partial charge in [0.05, 0.1) is 0 Å². The predicted octanol–water partition coefficient (Wildman–Crippen LogP) is 3.61. The quantitative estimate of drug-likeness (QED) is 0.804. The molecule has 1 atom stereocenters. The SMILES string of the molecule is CC(C)(C)CCC1(N)CCc2ccccc21. The van der Waals surface area contributed by atoms with Gasteiger partial charge in [0, 0.05) is 5.54 Å². The summed E-state index contributed by atoms with van der Waals surface area (Å²) in [5.74, 6) is 0. The van der Waals surface area contributed by atoms with E-state index in [0.717, 1.165) is 19.3 Å². The lowest BCUT2D eigenvalue weighted by Gasteiger charge is -2.29. The molecule has 1 heteroatoms. The fourth-order valence-electron chi connectivity index (χ4n) is 2.57. The summed E-state index contributed by atoms with van der Waals surface area (Å²) in [7, 11) is 0. The first-order valence-corrected chi connectivity index (χ1v) is 6.28. The summed E-state index contributed by atoms with van der Waals surface area (Å²) in [6.07, 6.45) is 4.56. The zero-order valence-electron chi connectivity index (χ0n) is 10.7. The molecule has 2 N–H and O–H groups in total. The summed E-state index contributed by atoms with van der Waals surface area (Å²) in [6.45, 7) is 6.87. The molecule has 1 aromatic rings. The number of nitrogens with two attached hydrogens (primary N) is 1. The van der Waals surface area contributed by atoms with Crippen LogP contribution in [-0.2, 0) is 12.0 Å². The molecule has 88 valence electrons. The van der Waals surface area contributed by atoms with Crippen molar-refractivity contribution >= 4 is 0 Å². The van der Waals surface area contributed by atoms with E-state index in [2.05, 4.69) is 45.0 Å². The summed E-state index contributed by atoms with van der Waals surface area (Å²) in [4.78, 5) is 0. The molecule has 0 radical (unpaired) electrons. The van der Waals surface area contributed by atoms with Crippen molar-refractivity contribution in [2.75, 3.05) is 0 Å². The van der Waals surface area contributed by atoms with Crippen molar-refractivity contribution < 1.29 is 0 Å². The van der Waals surface area contributed by atoms with Crippen LogP contribution in [-0.4, -0.2) is 0 Å². The van der Waals surface area contributed by atoms with Gasteiger partial charge in [-0.15, -0.1) is 0 Å². The summed E-state index contributed by atoms with van der Waals surface area (Å²) in [5, 5.41) is 0. The van der Waals surface area contributed by atoms with Gasteiger partial charge in [0.25, 0.3) is 0 Å². The molecule has 0 bridgehead atoms. The van der Waals surface area contributed by atoms with E-state index >= 15 is 0 Å². The minimum absolute atomic E-state index is 0.0656. The highest BCUT2D eigenvalue weighted by Crippen LogP contribution is 2.40. The Kier molecular flexibility index (Phi) is 2.83. The first-order chi connectivity index (χ1) is 7.41. The number of aryl methyl sites for hydroxylation is 1. The van der Waals surface area contributed by atoms with Crippen LogP contribution in [0.25, 0.3) is 0 Å². The normalized spacial score (nSPS) is 24.5. The molecule has 0 fully saturated rings. The van der Waals surface area contributed by atoms with Gasteiger partial charge in [0.15, 0.2) is 0 Å². The molecule has 0 saturated carbocycles. The molecular formula is C15H23N. The monoisotopic (exact) mass is 217 g/mol. The maximum Gasteiger partial charge on any atom is 0.0415 e. The summed E-state index contributed by atoms with van der Waals surface area (Å²) in [5.41, 5.74) is 9.74. The number of hydrogen-bond donors (Lipinski definition) is 1. The maximum absolute atomic E-state index is 6.58. The van der Waals surface area contributed by atoms with Crippen LogP contribution < -0.4 is 5.73 Å². The minimum Gasteiger partial charge on any atom is -0.321 e. The standard InChI is InChI=1S/C15H23N/c1-14(2,3)10-11-15(16)9-8-12-6-4-5-7-13(12)15/h4-7H,8-11,16H2,1-3H3. The zero-order valence-corrected chi connectivity index (χ0v) is 10.7. The van der Waals surface area contributed by atoms with E-state index in [0.29, 0.717) is 5.41 Å². The van der Waals surface area contributed by atoms with Gasteiger partial charge in [-0.3, -0.25) is 0 Å². The van der Waals surface area contributed by atoms with Gasteiger partial charge in [0.1, 0.15) is 0 Å². The van der Waals surface area contributed by atoms with Gasteiger partial charge < -0.3 is 5.73 Å². The Hall–Kier alpha value is -0.820. The third kappa shape index (κ3) is 2.30. The smallest absolute Gasteiger partial charge is 0.0415 e. The second-order valence-corrected chi connectivity index (χ2v) is 6.37. The van der Waals surface area contributed by atoms with E-state index in [1.165, 1.54) is 17.5 Å². The van der Waals surface area contributed by atoms with Gasteiger partial charge in [-0.1, -0.05) is 45.0 Å². The maximum atomic E-state index is 6.58. The molecule has 0 amide bonds. The molecule has 0 spiro atoms. The molecule has 1 nitrogen and oxygen atoms in total. The highest BCUT2D eigenvalue weighted by Gasteiger charge is 2.35. The number of hydrogen-bond acceptors (Lipinski definition) is 1. The van der Waals surface area contributed by atoms with E-state index in [9.17, 15) is 0 Å². The fraction of sp³-hybridized carbons (Fsp3) is 0.600. The molecule has 2 rings (SSSR count). The van der Waals surface area contributed by atoms with Crippen molar-refractivity contribution in [3.63, 3.8) is 0 Å². The molecule has 0 heterocycles. The highest BCUT2D eigenvalue weighted by molar-refractivity contribution is 5.38. The van der Waals surface area contributed by atoms with Crippen LogP contribution in [0.5, 0.6) is 0 Å². The zero-order chi connectivity index (χ0) is 11.8. The fourth-order valence-corrected chi connectivity index (χ4v) is 2.57. The Morgan fingerprint density at radius 1 is 1.25 bits per heavy atom. The third-order valence-electron chi connectivity index (χ3n) is 3.72. The van der Waals surface area contributed by atoms with Crippen molar-refractivity contribution in [1.29, 1.82) is 0 Å². The van der Waals surface area contributed by atoms with Crippen LogP contribution in [0.15, 0.2) is 24.3 Å². The van der Waals surface area contributed by atoms with Crippen molar-refractivity contribution in [3.05, 3.63) is 35.4 Å². The average molecular weight is 217 g/mol. The van der Waals surface area contributed by atoms with Crippen LogP contribution in [0.4, 0.5) is 0 Å². The van der Waals surface area contributed by atoms with Gasteiger partial charge in [-0.05, 0) is 42.2 Å². The van der Waals surface area contributed by atoms with Crippen molar-refractivity contribution in [3.8, 4) is 0 Å². The van der Waals surface area contributed by atoms with Gasteiger partial charge in [-0.2, -0.15) is 0 Å². The van der Waals surface area contributed by atoms with E-state index in [4.69, 9.17) is 5.73 Å². The molecule has 16 heavy (non-hydrogen) atoms. The predicted molar refractivity (Wildman–Crippen MR) is 69.3 cm³/mol. The second kappa shape index (κ2) is 3.89. The second-order valence-electron chi connectivity index (χ2n) is 6.37. The molecule has 1 aliphatic carbocycles. The lowest BCUT2D eigenvalue weighted by atomic mass is 9.81. The lowest BCUT2D eigenvalue weighted by Crippen LogP contribution is -2.35. The Morgan fingerprint density at radius 2 is 1.94 bits per heavy atom. The van der Waals surface area contributed by atoms with Gasteiger partial charge in [-0.25, -0.2) is 0 Å². The molecule has 0 aliphatic heterocycles. The average Bonchev–Trinajstić information content (AvgIpc) is 2.55. The van der Waals surface area contributed by atoms with Crippen LogP contribution in [0.2, 0.25) is 0 Å². The van der Waals surface area contributed by atoms with Crippen molar-refractivity contribution in [1.82, 2.24) is 0 Å². The number of fused-ring (bicyclic) bond motifs is 1. The van der Waals surface area contributed by atoms with Crippen LogP contribution in [0, 0.1) is 5.41 Å². The topological polar surface area (TPSA) is 26.0 Å². The third-order valence-corrected chi connectivity index (χ3v) is 3.72. The Bertz CT molecular complexity index is 375. The van der Waals surface area contributed by atoms with E-state index < -0.39 is 0 Å². The van der Waals surface area contributed by atoms with Gasteiger partial charge in [0.2, 0.25) is 0 Å². The van der Waals surface area contributed by atoms with Gasteiger partial charge >= 0.3 is 0 Å². The van der Waals surface area contributed by atoms with Crippen LogP contribution in [0.1, 0.15) is 51.2 Å². The lowest BCUT2D eigenvalue weighted by molar-refractivity contribution is 0.293.